The Labute approximate surface area is 208 Å². The lowest BCUT2D eigenvalue weighted by atomic mass is 9.91. The standard InChI is InChI=1S/C28H36N4O3/c1-19-20(2)27-23(17-28(3,4)35-27)24(26(19)32(33)34)18-31-15-12-22(13-16-31)30-14-11-25(29-5)21-9-7-6-8-10-21/h6-11,14,22,29H,12-13,15-18H2,1-5H3. The summed E-state index contributed by atoms with van der Waals surface area (Å²) in [6.07, 6.45) is 6.49. The zero-order chi connectivity index (χ0) is 25.2. The number of nitrogens with one attached hydrogen (secondary N) is 1. The van der Waals surface area contributed by atoms with E-state index in [-0.39, 0.29) is 22.3 Å². The maximum Gasteiger partial charge on any atom is 0.277 e. The molecule has 2 aromatic rings. The molecule has 186 valence electrons. The summed E-state index contributed by atoms with van der Waals surface area (Å²) in [5.74, 6) is 0.845. The number of hydrogen-bond donors (Lipinski definition) is 1. The van der Waals surface area contributed by atoms with Gasteiger partial charge in [-0.25, -0.2) is 0 Å². The van der Waals surface area contributed by atoms with Gasteiger partial charge in [-0.2, -0.15) is 0 Å². The number of aliphatic imine (C=N–C) groups is 1. The van der Waals surface area contributed by atoms with Crippen molar-refractivity contribution in [1.29, 1.82) is 0 Å². The van der Waals surface area contributed by atoms with Crippen LogP contribution in [0.5, 0.6) is 5.75 Å². The summed E-state index contributed by atoms with van der Waals surface area (Å²) in [7, 11) is 1.92. The van der Waals surface area contributed by atoms with Crippen molar-refractivity contribution in [2.24, 2.45) is 4.99 Å². The topological polar surface area (TPSA) is 80.0 Å². The summed E-state index contributed by atoms with van der Waals surface area (Å²) in [5.41, 5.74) is 5.52. The highest BCUT2D eigenvalue weighted by Crippen LogP contribution is 2.46. The van der Waals surface area contributed by atoms with E-state index >= 15 is 0 Å². The third kappa shape index (κ3) is 5.40. The van der Waals surface area contributed by atoms with E-state index in [1.54, 1.807) is 0 Å². The molecule has 2 aliphatic rings. The van der Waals surface area contributed by atoms with Crippen molar-refractivity contribution in [2.45, 2.75) is 65.1 Å². The zero-order valence-electron chi connectivity index (χ0n) is 21.4. The molecule has 1 N–H and O–H groups in total. The molecular weight excluding hydrogens is 440 g/mol. The quantitative estimate of drug-likeness (QED) is 0.337. The highest BCUT2D eigenvalue weighted by molar-refractivity contribution is 5.83. The predicted molar refractivity (Wildman–Crippen MR) is 141 cm³/mol. The number of nitro benzene ring substituents is 1. The van der Waals surface area contributed by atoms with E-state index in [9.17, 15) is 10.1 Å². The van der Waals surface area contributed by atoms with Crippen LogP contribution in [0.2, 0.25) is 0 Å². The van der Waals surface area contributed by atoms with Crippen LogP contribution in [0.4, 0.5) is 5.69 Å². The smallest absolute Gasteiger partial charge is 0.277 e. The zero-order valence-corrected chi connectivity index (χ0v) is 21.4. The molecule has 2 aromatic carbocycles. The molecule has 0 unspecified atom stereocenters. The fourth-order valence-electron chi connectivity index (χ4n) is 5.19. The highest BCUT2D eigenvalue weighted by atomic mass is 16.6. The first-order valence-electron chi connectivity index (χ1n) is 12.4. The number of hydrogen-bond acceptors (Lipinski definition) is 6. The first-order chi connectivity index (χ1) is 16.7. The molecule has 2 aliphatic heterocycles. The van der Waals surface area contributed by atoms with E-state index in [2.05, 4.69) is 22.3 Å². The van der Waals surface area contributed by atoms with Crippen LogP contribution in [-0.2, 0) is 13.0 Å². The number of nitro groups is 1. The van der Waals surface area contributed by atoms with Crippen molar-refractivity contribution in [2.75, 3.05) is 20.1 Å². The van der Waals surface area contributed by atoms with Crippen LogP contribution in [0.3, 0.4) is 0 Å². The Morgan fingerprint density at radius 1 is 1.23 bits per heavy atom. The molecule has 35 heavy (non-hydrogen) atoms. The first-order valence-corrected chi connectivity index (χ1v) is 12.4. The number of piperidine rings is 1. The number of benzene rings is 2. The third-order valence-corrected chi connectivity index (χ3v) is 7.18. The Kier molecular flexibility index (Phi) is 7.26. The average Bonchev–Trinajstić information content (AvgIpc) is 3.17. The van der Waals surface area contributed by atoms with Gasteiger partial charge in [-0.15, -0.1) is 0 Å². The molecule has 0 aliphatic carbocycles. The number of nitrogens with zero attached hydrogens (tertiary/aromatic N) is 3. The summed E-state index contributed by atoms with van der Waals surface area (Å²) in [6, 6.07) is 10.5. The molecule has 0 bridgehead atoms. The molecule has 0 amide bonds. The lowest BCUT2D eigenvalue weighted by Crippen LogP contribution is -2.35. The Morgan fingerprint density at radius 3 is 2.54 bits per heavy atom. The second-order valence-corrected chi connectivity index (χ2v) is 10.2. The number of allylic oxidation sites excluding steroid dienone is 1. The van der Waals surface area contributed by atoms with Crippen LogP contribution in [0.15, 0.2) is 41.4 Å². The van der Waals surface area contributed by atoms with E-state index in [0.29, 0.717) is 18.5 Å². The van der Waals surface area contributed by atoms with Crippen LogP contribution in [0, 0.1) is 24.0 Å². The van der Waals surface area contributed by atoms with Gasteiger partial charge >= 0.3 is 0 Å². The maximum atomic E-state index is 12.1. The van der Waals surface area contributed by atoms with Crippen molar-refractivity contribution < 1.29 is 9.66 Å². The minimum Gasteiger partial charge on any atom is -0.487 e. The fourth-order valence-corrected chi connectivity index (χ4v) is 5.19. The van der Waals surface area contributed by atoms with Crippen LogP contribution >= 0.6 is 0 Å². The van der Waals surface area contributed by atoms with Gasteiger partial charge in [-0.3, -0.25) is 20.0 Å². The minimum atomic E-state index is -0.343. The molecule has 7 heteroatoms. The van der Waals surface area contributed by atoms with Crippen LogP contribution < -0.4 is 10.1 Å². The van der Waals surface area contributed by atoms with E-state index in [1.807, 2.05) is 65.2 Å². The molecule has 0 aromatic heterocycles. The highest BCUT2D eigenvalue weighted by Gasteiger charge is 2.38. The van der Waals surface area contributed by atoms with Gasteiger partial charge in [-0.1, -0.05) is 30.3 Å². The minimum absolute atomic E-state index is 0.210. The molecule has 2 heterocycles. The molecule has 1 saturated heterocycles. The summed E-state index contributed by atoms with van der Waals surface area (Å²) in [5, 5.41) is 15.3. The SMILES string of the molecule is CNC(=CC=NC1CCN(Cc2c3c(c(C)c(C)c2[N+](=O)[O-])OC(C)(C)C3)CC1)c1ccccc1. The van der Waals surface area contributed by atoms with E-state index in [0.717, 1.165) is 59.6 Å². The van der Waals surface area contributed by atoms with Gasteiger partial charge in [0.15, 0.2) is 0 Å². The number of likely N-dealkylation sites (tertiary alicyclic amines) is 1. The number of ether oxygens (including phenoxy) is 1. The van der Waals surface area contributed by atoms with Gasteiger partial charge in [0.1, 0.15) is 11.4 Å². The average molecular weight is 477 g/mol. The van der Waals surface area contributed by atoms with Crippen LogP contribution in [0.1, 0.15) is 54.5 Å². The van der Waals surface area contributed by atoms with Gasteiger partial charge in [0.25, 0.3) is 5.69 Å². The second kappa shape index (κ2) is 10.2. The van der Waals surface area contributed by atoms with Crippen molar-refractivity contribution in [3.05, 3.63) is 74.3 Å². The van der Waals surface area contributed by atoms with Crippen LogP contribution in [-0.4, -0.2) is 47.8 Å². The molecule has 1 fully saturated rings. The van der Waals surface area contributed by atoms with Crippen molar-refractivity contribution in [1.82, 2.24) is 10.2 Å². The van der Waals surface area contributed by atoms with Gasteiger partial charge in [-0.05, 0) is 52.2 Å². The summed E-state index contributed by atoms with van der Waals surface area (Å²) in [4.78, 5) is 19.0. The number of rotatable bonds is 7. The van der Waals surface area contributed by atoms with E-state index < -0.39 is 0 Å². The Balaban J connectivity index is 1.46. The predicted octanol–water partition coefficient (Wildman–Crippen LogP) is 5.22. The lowest BCUT2D eigenvalue weighted by Gasteiger charge is -2.30. The lowest BCUT2D eigenvalue weighted by molar-refractivity contribution is -0.386. The summed E-state index contributed by atoms with van der Waals surface area (Å²) < 4.78 is 6.22. The second-order valence-electron chi connectivity index (χ2n) is 10.2. The van der Waals surface area contributed by atoms with Gasteiger partial charge in [0.05, 0.1) is 16.5 Å². The first kappa shape index (κ1) is 24.9. The van der Waals surface area contributed by atoms with Crippen molar-refractivity contribution >= 4 is 17.6 Å². The van der Waals surface area contributed by atoms with Crippen molar-refractivity contribution in [3.63, 3.8) is 0 Å². The van der Waals surface area contributed by atoms with E-state index in [1.165, 1.54) is 0 Å². The summed E-state index contributed by atoms with van der Waals surface area (Å²) >= 11 is 0. The van der Waals surface area contributed by atoms with Crippen LogP contribution in [0.25, 0.3) is 5.70 Å². The van der Waals surface area contributed by atoms with Gasteiger partial charge in [0, 0.05) is 61.7 Å². The monoisotopic (exact) mass is 476 g/mol. The van der Waals surface area contributed by atoms with E-state index in [4.69, 9.17) is 9.73 Å². The maximum absolute atomic E-state index is 12.1. The normalized spacial score (nSPS) is 18.5. The molecule has 0 spiro atoms. The molecule has 0 radical (unpaired) electrons. The Hall–Kier alpha value is -3.19. The molecule has 0 atom stereocenters. The summed E-state index contributed by atoms with van der Waals surface area (Å²) in [6.45, 7) is 10.2. The van der Waals surface area contributed by atoms with Crippen molar-refractivity contribution in [3.8, 4) is 5.75 Å². The largest absolute Gasteiger partial charge is 0.487 e. The molecule has 7 nitrogen and oxygen atoms in total. The molecule has 0 saturated carbocycles. The molecule has 4 rings (SSSR count). The van der Waals surface area contributed by atoms with Gasteiger partial charge < -0.3 is 10.1 Å². The fraction of sp³-hybridized carbons (Fsp3) is 0.464. The Bertz CT molecular complexity index is 1150. The number of fused-ring (bicyclic) bond motifs is 1. The van der Waals surface area contributed by atoms with Gasteiger partial charge in [0.2, 0.25) is 0 Å². The Morgan fingerprint density at radius 2 is 1.91 bits per heavy atom. The third-order valence-electron chi connectivity index (χ3n) is 7.18. The molecular formula is C28H36N4O3.